The Hall–Kier alpha value is -3.29. The van der Waals surface area contributed by atoms with Gasteiger partial charge in [-0.05, 0) is 36.4 Å². The molecule has 0 bridgehead atoms. The lowest BCUT2D eigenvalue weighted by atomic mass is 10.1. The second-order valence-electron chi connectivity index (χ2n) is 5.83. The van der Waals surface area contributed by atoms with Gasteiger partial charge in [0, 0.05) is 17.3 Å². The van der Waals surface area contributed by atoms with E-state index in [9.17, 15) is 0 Å². The highest BCUT2D eigenvalue weighted by molar-refractivity contribution is 6.35. The zero-order valence-electron chi connectivity index (χ0n) is 14.3. The Labute approximate surface area is 169 Å². The number of nitrogens with two attached hydrogens (primary N) is 2. The van der Waals surface area contributed by atoms with Gasteiger partial charge < -0.3 is 20.8 Å². The van der Waals surface area contributed by atoms with Gasteiger partial charge in [0.15, 0.2) is 5.76 Å². The van der Waals surface area contributed by atoms with Crippen molar-refractivity contribution < 1.29 is 9.26 Å². The van der Waals surface area contributed by atoms with Gasteiger partial charge in [0.1, 0.15) is 22.1 Å². The summed E-state index contributed by atoms with van der Waals surface area (Å²) < 4.78 is 11.3. The number of halogens is 2. The van der Waals surface area contributed by atoms with Crippen molar-refractivity contribution in [3.8, 4) is 23.0 Å². The zero-order chi connectivity index (χ0) is 19.7. The summed E-state index contributed by atoms with van der Waals surface area (Å²) in [6.07, 6.45) is 1.46. The molecule has 140 valence electrons. The van der Waals surface area contributed by atoms with Gasteiger partial charge in [0.25, 0.3) is 0 Å². The summed E-state index contributed by atoms with van der Waals surface area (Å²) in [6.45, 7) is 0. The van der Waals surface area contributed by atoms with E-state index in [0.29, 0.717) is 32.6 Å². The van der Waals surface area contributed by atoms with E-state index in [4.69, 9.17) is 44.0 Å². The number of hydrogen-bond acceptors (Lipinski definition) is 6. The maximum Gasteiger partial charge on any atom is 0.238 e. The number of nitrogens with zero attached hydrogens (tertiary/aromatic N) is 3. The van der Waals surface area contributed by atoms with Crippen LogP contribution in [0.5, 0.6) is 11.6 Å². The Morgan fingerprint density at radius 3 is 2.75 bits per heavy atom. The molecule has 0 saturated heterocycles. The van der Waals surface area contributed by atoms with E-state index in [-0.39, 0.29) is 11.7 Å². The Bertz CT molecular complexity index is 1210. The summed E-state index contributed by atoms with van der Waals surface area (Å²) in [4.78, 5) is 4.10. The maximum absolute atomic E-state index is 6.12. The minimum absolute atomic E-state index is 0.217. The minimum Gasteiger partial charge on any atom is -0.438 e. The molecule has 4 aromatic rings. The zero-order valence-corrected chi connectivity index (χ0v) is 15.8. The normalized spacial score (nSPS) is 11.7. The summed E-state index contributed by atoms with van der Waals surface area (Å²) >= 11 is 12.0. The van der Waals surface area contributed by atoms with E-state index in [0.717, 1.165) is 10.9 Å². The van der Waals surface area contributed by atoms with Crippen LogP contribution >= 0.6 is 23.2 Å². The van der Waals surface area contributed by atoms with E-state index >= 15 is 0 Å². The third kappa shape index (κ3) is 3.45. The van der Waals surface area contributed by atoms with Crippen LogP contribution in [-0.2, 0) is 0 Å². The lowest BCUT2D eigenvalue weighted by Crippen LogP contribution is -2.15. The van der Waals surface area contributed by atoms with Crippen molar-refractivity contribution >= 4 is 39.9 Å². The Kier molecular flexibility index (Phi) is 4.77. The number of hydrogen-bond donors (Lipinski definition) is 2. The fourth-order valence-corrected chi connectivity index (χ4v) is 3.09. The van der Waals surface area contributed by atoms with Crippen LogP contribution in [0.1, 0.15) is 5.56 Å². The van der Waals surface area contributed by atoms with Crippen molar-refractivity contribution in [2.24, 2.45) is 16.7 Å². The standard InChI is InChI=1S/C19H13Cl2N5O2/c20-12-8-15(21)19(24-9-12)27-13-3-1-2-10(6-13)17-14-7-11(18(22)25-23)4-5-16(14)26-28-17/h1-9H,23H2,(H2,22,25). The molecule has 0 radical (unpaired) electrons. The topological polar surface area (TPSA) is 113 Å². The molecule has 0 aliphatic carbocycles. The minimum atomic E-state index is 0.217. The van der Waals surface area contributed by atoms with Gasteiger partial charge >= 0.3 is 0 Å². The van der Waals surface area contributed by atoms with Gasteiger partial charge in [-0.15, -0.1) is 0 Å². The Balaban J connectivity index is 1.73. The van der Waals surface area contributed by atoms with Crippen LogP contribution in [0.2, 0.25) is 10.0 Å². The number of rotatable bonds is 4. The fourth-order valence-electron chi connectivity index (χ4n) is 2.67. The lowest BCUT2D eigenvalue weighted by Gasteiger charge is -2.07. The van der Waals surface area contributed by atoms with Gasteiger partial charge in [-0.25, -0.2) is 4.98 Å². The smallest absolute Gasteiger partial charge is 0.238 e. The molecule has 0 spiro atoms. The molecule has 2 aromatic heterocycles. The molecule has 0 unspecified atom stereocenters. The van der Waals surface area contributed by atoms with Gasteiger partial charge in [0.2, 0.25) is 5.88 Å². The van der Waals surface area contributed by atoms with Crippen molar-refractivity contribution in [3.05, 3.63) is 70.3 Å². The predicted octanol–water partition coefficient (Wildman–Crippen LogP) is 4.57. The van der Waals surface area contributed by atoms with Crippen molar-refractivity contribution in [1.82, 2.24) is 10.1 Å². The highest BCUT2D eigenvalue weighted by Crippen LogP contribution is 2.34. The molecule has 28 heavy (non-hydrogen) atoms. The molecule has 0 fully saturated rings. The van der Waals surface area contributed by atoms with Gasteiger partial charge in [-0.3, -0.25) is 0 Å². The molecule has 4 N–H and O–H groups in total. The van der Waals surface area contributed by atoms with Crippen LogP contribution in [0.15, 0.2) is 64.4 Å². The second kappa shape index (κ2) is 7.38. The highest BCUT2D eigenvalue weighted by Gasteiger charge is 2.14. The summed E-state index contributed by atoms with van der Waals surface area (Å²) in [6, 6.07) is 14.2. The van der Waals surface area contributed by atoms with E-state index in [1.54, 1.807) is 30.3 Å². The first-order chi connectivity index (χ1) is 13.5. The van der Waals surface area contributed by atoms with Crippen LogP contribution in [0.3, 0.4) is 0 Å². The summed E-state index contributed by atoms with van der Waals surface area (Å²) in [5, 5.41) is 9.11. The molecule has 2 heterocycles. The molecule has 0 aliphatic rings. The first-order valence-electron chi connectivity index (χ1n) is 8.07. The molecule has 0 amide bonds. The largest absolute Gasteiger partial charge is 0.438 e. The fraction of sp³-hybridized carbons (Fsp3) is 0. The first-order valence-corrected chi connectivity index (χ1v) is 8.83. The number of fused-ring (bicyclic) bond motifs is 1. The van der Waals surface area contributed by atoms with Crippen molar-refractivity contribution in [3.63, 3.8) is 0 Å². The predicted molar refractivity (Wildman–Crippen MR) is 109 cm³/mol. The highest BCUT2D eigenvalue weighted by atomic mass is 35.5. The second-order valence-corrected chi connectivity index (χ2v) is 6.67. The monoisotopic (exact) mass is 413 g/mol. The number of hydrazone groups is 1. The summed E-state index contributed by atoms with van der Waals surface area (Å²) in [5.74, 6) is 6.82. The van der Waals surface area contributed by atoms with Crippen molar-refractivity contribution in [1.29, 1.82) is 0 Å². The molecule has 0 saturated carbocycles. The number of amidine groups is 1. The Morgan fingerprint density at radius 2 is 1.96 bits per heavy atom. The van der Waals surface area contributed by atoms with Crippen LogP contribution in [-0.4, -0.2) is 16.0 Å². The molecule has 9 heteroatoms. The van der Waals surface area contributed by atoms with E-state index in [1.807, 2.05) is 18.2 Å². The Morgan fingerprint density at radius 1 is 1.11 bits per heavy atom. The third-order valence-corrected chi connectivity index (χ3v) is 4.47. The quantitative estimate of drug-likeness (QED) is 0.219. The molecule has 2 aromatic carbocycles. The number of benzene rings is 2. The molecular weight excluding hydrogens is 401 g/mol. The SMILES string of the molecule is N/N=C(\N)c1ccc2noc(-c3cccc(Oc4ncc(Cl)cc4Cl)c3)c2c1. The molecule has 4 rings (SSSR count). The molecule has 0 aliphatic heterocycles. The van der Waals surface area contributed by atoms with Gasteiger partial charge in [-0.2, -0.15) is 5.10 Å². The summed E-state index contributed by atoms with van der Waals surface area (Å²) in [5.41, 5.74) is 7.91. The number of aromatic nitrogens is 2. The van der Waals surface area contributed by atoms with Crippen LogP contribution in [0.4, 0.5) is 0 Å². The summed E-state index contributed by atoms with van der Waals surface area (Å²) in [7, 11) is 0. The van der Waals surface area contributed by atoms with E-state index in [2.05, 4.69) is 15.2 Å². The van der Waals surface area contributed by atoms with E-state index < -0.39 is 0 Å². The molecular formula is C19H13Cl2N5O2. The van der Waals surface area contributed by atoms with Gasteiger partial charge in [0.05, 0.1) is 10.4 Å². The van der Waals surface area contributed by atoms with Crippen LogP contribution in [0.25, 0.3) is 22.2 Å². The van der Waals surface area contributed by atoms with Gasteiger partial charge in [-0.1, -0.05) is 40.5 Å². The van der Waals surface area contributed by atoms with Crippen molar-refractivity contribution in [2.45, 2.75) is 0 Å². The van der Waals surface area contributed by atoms with Crippen LogP contribution in [0, 0.1) is 0 Å². The maximum atomic E-state index is 6.12. The third-order valence-electron chi connectivity index (χ3n) is 4.00. The average Bonchev–Trinajstić information content (AvgIpc) is 3.13. The molecule has 7 nitrogen and oxygen atoms in total. The van der Waals surface area contributed by atoms with Crippen molar-refractivity contribution in [2.75, 3.05) is 0 Å². The first kappa shape index (κ1) is 18.1. The molecule has 0 atom stereocenters. The number of pyridine rings is 1. The van der Waals surface area contributed by atoms with Crippen LogP contribution < -0.4 is 16.3 Å². The lowest BCUT2D eigenvalue weighted by molar-refractivity contribution is 0.439. The van der Waals surface area contributed by atoms with E-state index in [1.165, 1.54) is 6.20 Å². The average molecular weight is 414 g/mol. The number of ether oxygens (including phenoxy) is 1.